The van der Waals surface area contributed by atoms with Crippen molar-refractivity contribution in [2.75, 3.05) is 19.0 Å². The summed E-state index contributed by atoms with van der Waals surface area (Å²) in [7, 11) is 4.17. The highest BCUT2D eigenvalue weighted by Crippen LogP contribution is 2.40. The summed E-state index contributed by atoms with van der Waals surface area (Å²) in [6, 6.07) is 10.5. The third-order valence-corrected chi connectivity index (χ3v) is 9.17. The number of carbonyl (C=O) groups excluding carboxylic acids is 2. The van der Waals surface area contributed by atoms with Crippen molar-refractivity contribution in [3.05, 3.63) is 96.3 Å². The number of nitrogens with zero attached hydrogens (tertiary/aromatic N) is 4. The Labute approximate surface area is 281 Å². The number of methoxy groups -OCH3 is 1. The second-order valence-corrected chi connectivity index (χ2v) is 12.2. The van der Waals surface area contributed by atoms with Crippen LogP contribution in [0.3, 0.4) is 0 Å². The van der Waals surface area contributed by atoms with Crippen LogP contribution in [0.25, 0.3) is 16.8 Å². The van der Waals surface area contributed by atoms with Crippen molar-refractivity contribution in [3.8, 4) is 11.1 Å². The second kappa shape index (κ2) is 14.1. The molecule has 0 saturated carbocycles. The van der Waals surface area contributed by atoms with Crippen LogP contribution in [0.5, 0.6) is 0 Å². The third-order valence-electron chi connectivity index (χ3n) is 8.35. The molecule has 0 bridgehead atoms. The Morgan fingerprint density at radius 1 is 1.09 bits per heavy atom. The van der Waals surface area contributed by atoms with E-state index in [2.05, 4.69) is 34.6 Å². The minimum absolute atomic E-state index is 0.00807. The summed E-state index contributed by atoms with van der Waals surface area (Å²) < 4.78 is 7.48. The molecule has 246 valence electrons. The molecular formula is C33H35Cl2N7O5. The molecule has 5 rings (SSSR count). The number of hydrogen-bond donors (Lipinski definition) is 3. The number of aliphatic imine (C=N–C) groups is 1. The maximum absolute atomic E-state index is 13.0. The van der Waals surface area contributed by atoms with Gasteiger partial charge in [0.15, 0.2) is 0 Å². The SMILES string of the molecule is C=C(N=C(OC)C1=C(C)CC[C@@H]1NC[C@@H]1CCC(=O)N1)c1cccc(-c2cccc(NC(=O)c3nn(C)c(=O)n(C)c3=O)c2Cl)c1Cl. The molecule has 3 N–H and O–H groups in total. The molecule has 0 radical (unpaired) electrons. The number of benzene rings is 2. The van der Waals surface area contributed by atoms with Crippen LogP contribution >= 0.6 is 23.2 Å². The number of hydrogen-bond acceptors (Lipinski definition) is 8. The molecule has 3 aromatic rings. The number of allylic oxidation sites excluding steroid dienone is 1. The standard InChI is InChI=1S/C33H35Cl2N7O5/c1-17-12-14-23(36-16-19-13-15-25(43)38-19)26(17)31(47-5)37-18(2)20-8-6-9-21(27(20)34)22-10-7-11-24(28(22)35)39-30(44)29-32(45)41(3)33(46)42(4)40-29/h6-11,19,23,36H,2,12-16H2,1,3-5H3,(H,38,43)(H,39,44)/t19-,23-/m0/s1. The molecule has 2 amide bonds. The lowest BCUT2D eigenvalue weighted by Gasteiger charge is -2.21. The zero-order valence-corrected chi connectivity index (χ0v) is 28.0. The van der Waals surface area contributed by atoms with Crippen molar-refractivity contribution >= 4 is 52.3 Å². The number of carbonyl (C=O) groups is 2. The van der Waals surface area contributed by atoms with Crippen LogP contribution in [0, 0.1) is 0 Å². The molecule has 1 aliphatic heterocycles. The predicted molar refractivity (Wildman–Crippen MR) is 183 cm³/mol. The fourth-order valence-corrected chi connectivity index (χ4v) is 6.42. The number of halogens is 2. The number of anilines is 1. The summed E-state index contributed by atoms with van der Waals surface area (Å²) in [5, 5.41) is 13.5. The monoisotopic (exact) mass is 679 g/mol. The molecule has 12 nitrogen and oxygen atoms in total. The smallest absolute Gasteiger partial charge is 0.346 e. The largest absolute Gasteiger partial charge is 0.481 e. The molecule has 1 fully saturated rings. The highest BCUT2D eigenvalue weighted by Gasteiger charge is 2.30. The van der Waals surface area contributed by atoms with Gasteiger partial charge in [-0.3, -0.25) is 19.0 Å². The normalized spacial score (nSPS) is 18.0. The third kappa shape index (κ3) is 6.95. The van der Waals surface area contributed by atoms with Crippen LogP contribution in [0.4, 0.5) is 5.69 Å². The van der Waals surface area contributed by atoms with Gasteiger partial charge in [-0.2, -0.15) is 5.10 Å². The molecule has 0 spiro atoms. The number of rotatable bonds is 9. The zero-order chi connectivity index (χ0) is 34.0. The van der Waals surface area contributed by atoms with Gasteiger partial charge in [0.1, 0.15) is 0 Å². The molecule has 2 heterocycles. The first kappa shape index (κ1) is 33.8. The predicted octanol–water partition coefficient (Wildman–Crippen LogP) is 4.07. The van der Waals surface area contributed by atoms with Gasteiger partial charge >= 0.3 is 5.69 Å². The van der Waals surface area contributed by atoms with Gasteiger partial charge in [-0.25, -0.2) is 14.5 Å². The van der Waals surface area contributed by atoms with E-state index in [9.17, 15) is 19.2 Å². The maximum atomic E-state index is 13.0. The van der Waals surface area contributed by atoms with E-state index in [0.29, 0.717) is 46.3 Å². The number of ether oxygens (including phenoxy) is 1. The summed E-state index contributed by atoms with van der Waals surface area (Å²) in [6.07, 6.45) is 3.11. The number of amides is 2. The minimum Gasteiger partial charge on any atom is -0.481 e. The quantitative estimate of drug-likeness (QED) is 0.228. The van der Waals surface area contributed by atoms with Crippen LogP contribution in [0.1, 0.15) is 48.7 Å². The molecular weight excluding hydrogens is 645 g/mol. The summed E-state index contributed by atoms with van der Waals surface area (Å²) in [5.41, 5.74) is 2.37. The van der Waals surface area contributed by atoms with Crippen molar-refractivity contribution in [1.29, 1.82) is 0 Å². The maximum Gasteiger partial charge on any atom is 0.346 e. The summed E-state index contributed by atoms with van der Waals surface area (Å²) in [5.74, 6) is -0.319. The average Bonchev–Trinajstić information content (AvgIpc) is 3.64. The van der Waals surface area contributed by atoms with Gasteiger partial charge in [0, 0.05) is 61.4 Å². The van der Waals surface area contributed by atoms with Crippen molar-refractivity contribution in [2.24, 2.45) is 19.1 Å². The van der Waals surface area contributed by atoms with Crippen LogP contribution in [-0.4, -0.2) is 57.8 Å². The molecule has 14 heteroatoms. The van der Waals surface area contributed by atoms with Crippen LogP contribution in [-0.2, 0) is 23.6 Å². The average molecular weight is 681 g/mol. The fraction of sp³-hybridized carbons (Fsp3) is 0.333. The summed E-state index contributed by atoms with van der Waals surface area (Å²) in [6.45, 7) is 6.90. The Morgan fingerprint density at radius 2 is 1.79 bits per heavy atom. The van der Waals surface area contributed by atoms with E-state index in [1.807, 2.05) is 0 Å². The first-order valence-corrected chi connectivity index (χ1v) is 15.7. The Balaban J connectivity index is 1.40. The van der Waals surface area contributed by atoms with E-state index in [1.54, 1.807) is 43.5 Å². The van der Waals surface area contributed by atoms with E-state index in [-0.39, 0.29) is 28.7 Å². The lowest BCUT2D eigenvalue weighted by molar-refractivity contribution is -0.119. The zero-order valence-electron chi connectivity index (χ0n) is 26.4. The van der Waals surface area contributed by atoms with Gasteiger partial charge in [0.2, 0.25) is 17.5 Å². The van der Waals surface area contributed by atoms with Gasteiger partial charge in [-0.05, 0) is 32.3 Å². The molecule has 0 unspecified atom stereocenters. The van der Waals surface area contributed by atoms with Crippen molar-refractivity contribution in [1.82, 2.24) is 25.0 Å². The summed E-state index contributed by atoms with van der Waals surface area (Å²) >= 11 is 13.7. The first-order chi connectivity index (χ1) is 22.4. The highest BCUT2D eigenvalue weighted by atomic mass is 35.5. The Kier molecular flexibility index (Phi) is 10.1. The molecule has 47 heavy (non-hydrogen) atoms. The van der Waals surface area contributed by atoms with Gasteiger partial charge < -0.3 is 20.7 Å². The number of aryl methyl sites for hydroxylation is 1. The summed E-state index contributed by atoms with van der Waals surface area (Å²) in [4.78, 5) is 54.0. The second-order valence-electron chi connectivity index (χ2n) is 11.5. The molecule has 1 saturated heterocycles. The van der Waals surface area contributed by atoms with Crippen LogP contribution in [0.15, 0.2) is 68.7 Å². The van der Waals surface area contributed by atoms with E-state index in [4.69, 9.17) is 32.9 Å². The van der Waals surface area contributed by atoms with Gasteiger partial charge in [-0.1, -0.05) is 65.7 Å². The van der Waals surface area contributed by atoms with E-state index >= 15 is 0 Å². The molecule has 1 aromatic heterocycles. The molecule has 2 aliphatic rings. The first-order valence-electron chi connectivity index (χ1n) is 15.0. The number of aromatic nitrogens is 3. The molecule has 2 aromatic carbocycles. The molecule has 1 aliphatic carbocycles. The van der Waals surface area contributed by atoms with Gasteiger partial charge in [0.25, 0.3) is 11.5 Å². The van der Waals surface area contributed by atoms with Gasteiger partial charge in [0.05, 0.1) is 28.5 Å². The van der Waals surface area contributed by atoms with E-state index in [1.165, 1.54) is 14.1 Å². The van der Waals surface area contributed by atoms with Crippen LogP contribution < -0.4 is 27.2 Å². The van der Waals surface area contributed by atoms with Crippen LogP contribution in [0.2, 0.25) is 10.0 Å². The van der Waals surface area contributed by atoms with Gasteiger partial charge in [-0.15, -0.1) is 0 Å². The lowest BCUT2D eigenvalue weighted by atomic mass is 10.0. The number of nitrogens with one attached hydrogen (secondary N) is 3. The highest BCUT2D eigenvalue weighted by molar-refractivity contribution is 6.39. The minimum atomic E-state index is -0.837. The van der Waals surface area contributed by atoms with Crippen molar-refractivity contribution < 1.29 is 14.3 Å². The molecule has 2 atom stereocenters. The lowest BCUT2D eigenvalue weighted by Crippen LogP contribution is -2.43. The van der Waals surface area contributed by atoms with Crippen molar-refractivity contribution in [2.45, 2.75) is 44.7 Å². The fourth-order valence-electron chi connectivity index (χ4n) is 5.81. The Morgan fingerprint density at radius 3 is 2.47 bits per heavy atom. The van der Waals surface area contributed by atoms with E-state index in [0.717, 1.165) is 39.7 Å². The Hall–Kier alpha value is -4.52. The topological polar surface area (TPSA) is 149 Å². The van der Waals surface area contributed by atoms with E-state index < -0.39 is 22.9 Å². The van der Waals surface area contributed by atoms with Crippen molar-refractivity contribution in [3.63, 3.8) is 0 Å². The Bertz CT molecular complexity index is 1960.